The average molecular weight is 470 g/mol. The summed E-state index contributed by atoms with van der Waals surface area (Å²) in [6, 6.07) is 8.54. The van der Waals surface area contributed by atoms with E-state index in [1.54, 1.807) is 30.5 Å². The minimum absolute atomic E-state index is 0.0367. The van der Waals surface area contributed by atoms with E-state index in [1.807, 2.05) is 0 Å². The number of halogens is 6. The number of hydrogen-bond donors (Lipinski definition) is 2. The molecule has 33 heavy (non-hydrogen) atoms. The number of benzene rings is 2. The second-order valence-electron chi connectivity index (χ2n) is 6.93. The number of nitrogens with one attached hydrogen (secondary N) is 2. The molecule has 3 rings (SSSR count). The standard InChI is InChI=1S/C21H16F6N4O2/c22-20(23,24)15-8-14(9-16(10-15)21(25,26)27)19(33)28-11-13-3-1-4-17(7-13)30-18(32)12-31-6-2-5-29-31/h1-10H,11-12H2,(H,28,33)(H,30,32). The molecule has 2 N–H and O–H groups in total. The quantitative estimate of drug-likeness (QED) is 0.522. The number of anilines is 1. The average Bonchev–Trinajstić information content (AvgIpc) is 3.23. The van der Waals surface area contributed by atoms with Crippen LogP contribution in [0, 0.1) is 0 Å². The molecule has 12 heteroatoms. The van der Waals surface area contributed by atoms with E-state index in [0.717, 1.165) is 0 Å². The smallest absolute Gasteiger partial charge is 0.348 e. The lowest BCUT2D eigenvalue weighted by molar-refractivity contribution is -0.143. The fraction of sp³-hybridized carbons (Fsp3) is 0.190. The predicted octanol–water partition coefficient (Wildman–Crippen LogP) is 4.49. The Bertz CT molecular complexity index is 1110. The molecule has 0 atom stereocenters. The van der Waals surface area contributed by atoms with E-state index in [4.69, 9.17) is 0 Å². The highest BCUT2D eigenvalue weighted by Crippen LogP contribution is 2.36. The van der Waals surface area contributed by atoms with Gasteiger partial charge in [-0.25, -0.2) is 0 Å². The first-order valence-electron chi connectivity index (χ1n) is 9.36. The zero-order chi connectivity index (χ0) is 24.2. The van der Waals surface area contributed by atoms with Gasteiger partial charge in [0, 0.05) is 30.2 Å². The van der Waals surface area contributed by atoms with Crippen LogP contribution in [0.1, 0.15) is 27.0 Å². The Labute approximate surface area is 183 Å². The van der Waals surface area contributed by atoms with Gasteiger partial charge in [0.1, 0.15) is 6.54 Å². The highest BCUT2D eigenvalue weighted by Gasteiger charge is 2.37. The maximum absolute atomic E-state index is 13.0. The molecule has 0 aliphatic carbocycles. The normalized spacial score (nSPS) is 11.8. The summed E-state index contributed by atoms with van der Waals surface area (Å²) in [5, 5.41) is 8.82. The second-order valence-corrected chi connectivity index (χ2v) is 6.93. The number of rotatable bonds is 6. The molecular formula is C21H16F6N4O2. The van der Waals surface area contributed by atoms with Gasteiger partial charge in [0.2, 0.25) is 5.91 Å². The summed E-state index contributed by atoms with van der Waals surface area (Å²) < 4.78 is 79.3. The minimum atomic E-state index is -5.06. The van der Waals surface area contributed by atoms with E-state index >= 15 is 0 Å². The minimum Gasteiger partial charge on any atom is -0.348 e. The lowest BCUT2D eigenvalue weighted by atomic mass is 10.0. The molecule has 2 aromatic carbocycles. The van der Waals surface area contributed by atoms with Gasteiger partial charge < -0.3 is 10.6 Å². The molecule has 174 valence electrons. The Kier molecular flexibility index (Phi) is 6.75. The maximum Gasteiger partial charge on any atom is 0.416 e. The fourth-order valence-electron chi connectivity index (χ4n) is 2.87. The molecule has 0 unspecified atom stereocenters. The number of aromatic nitrogens is 2. The van der Waals surface area contributed by atoms with E-state index in [2.05, 4.69) is 15.7 Å². The van der Waals surface area contributed by atoms with Crippen LogP contribution >= 0.6 is 0 Å². The molecule has 1 heterocycles. The maximum atomic E-state index is 13.0. The molecule has 3 aromatic rings. The molecule has 0 aliphatic heterocycles. The van der Waals surface area contributed by atoms with E-state index < -0.39 is 35.0 Å². The summed E-state index contributed by atoms with van der Waals surface area (Å²) in [5.41, 5.74) is -3.09. The number of alkyl halides is 6. The molecule has 0 aliphatic rings. The Morgan fingerprint density at radius 3 is 2.15 bits per heavy atom. The summed E-state index contributed by atoms with van der Waals surface area (Å²) in [5.74, 6) is -1.48. The number of carbonyl (C=O) groups excluding carboxylic acids is 2. The molecule has 0 fully saturated rings. The predicted molar refractivity (Wildman–Crippen MR) is 105 cm³/mol. The van der Waals surface area contributed by atoms with Crippen LogP contribution < -0.4 is 10.6 Å². The van der Waals surface area contributed by atoms with Gasteiger partial charge >= 0.3 is 12.4 Å². The van der Waals surface area contributed by atoms with Crippen molar-refractivity contribution in [1.82, 2.24) is 15.1 Å². The molecular weight excluding hydrogens is 454 g/mol. The SMILES string of the molecule is O=C(Cn1cccn1)Nc1cccc(CNC(=O)c2cc(C(F)(F)F)cc(C(F)(F)F)c2)c1. The van der Waals surface area contributed by atoms with Gasteiger partial charge in [0.15, 0.2) is 0 Å². The van der Waals surface area contributed by atoms with Crippen LogP contribution in [0.5, 0.6) is 0 Å². The summed E-state index contributed by atoms with van der Waals surface area (Å²) in [6.45, 7) is -0.232. The van der Waals surface area contributed by atoms with Crippen molar-refractivity contribution in [1.29, 1.82) is 0 Å². The molecule has 0 radical (unpaired) electrons. The third-order valence-electron chi connectivity index (χ3n) is 4.38. The van der Waals surface area contributed by atoms with Gasteiger partial charge in [-0.05, 0) is 42.0 Å². The monoisotopic (exact) mass is 470 g/mol. The molecule has 1 aromatic heterocycles. The van der Waals surface area contributed by atoms with E-state index in [-0.39, 0.29) is 25.1 Å². The molecule has 0 saturated heterocycles. The zero-order valence-electron chi connectivity index (χ0n) is 16.7. The Hall–Kier alpha value is -3.83. The van der Waals surface area contributed by atoms with E-state index in [9.17, 15) is 35.9 Å². The van der Waals surface area contributed by atoms with Crippen molar-refractivity contribution in [3.8, 4) is 0 Å². The number of nitrogens with zero attached hydrogens (tertiary/aromatic N) is 2. The second kappa shape index (κ2) is 9.35. The van der Waals surface area contributed by atoms with Gasteiger partial charge in [0.05, 0.1) is 11.1 Å². The van der Waals surface area contributed by atoms with Crippen molar-refractivity contribution in [2.75, 3.05) is 5.32 Å². The van der Waals surface area contributed by atoms with Crippen LogP contribution in [0.15, 0.2) is 60.9 Å². The topological polar surface area (TPSA) is 76.0 Å². The Balaban J connectivity index is 1.69. The van der Waals surface area contributed by atoms with Crippen LogP contribution in [-0.2, 0) is 30.2 Å². The van der Waals surface area contributed by atoms with Gasteiger partial charge in [-0.3, -0.25) is 14.3 Å². The van der Waals surface area contributed by atoms with Crippen LogP contribution in [0.4, 0.5) is 32.0 Å². The van der Waals surface area contributed by atoms with Gasteiger partial charge in [-0.15, -0.1) is 0 Å². The van der Waals surface area contributed by atoms with Crippen LogP contribution in [0.2, 0.25) is 0 Å². The third kappa shape index (κ3) is 6.57. The van der Waals surface area contributed by atoms with Crippen molar-refractivity contribution in [2.24, 2.45) is 0 Å². The first-order valence-corrected chi connectivity index (χ1v) is 9.36. The fourth-order valence-corrected chi connectivity index (χ4v) is 2.87. The summed E-state index contributed by atoms with van der Waals surface area (Å²) >= 11 is 0. The van der Waals surface area contributed by atoms with Crippen LogP contribution in [-0.4, -0.2) is 21.6 Å². The van der Waals surface area contributed by atoms with Crippen molar-refractivity contribution >= 4 is 17.5 Å². The number of amides is 2. The van der Waals surface area contributed by atoms with Gasteiger partial charge in [0.25, 0.3) is 5.91 Å². The lowest BCUT2D eigenvalue weighted by Gasteiger charge is -2.14. The van der Waals surface area contributed by atoms with Gasteiger partial charge in [-0.2, -0.15) is 31.4 Å². The Morgan fingerprint density at radius 1 is 0.909 bits per heavy atom. The van der Waals surface area contributed by atoms with Crippen molar-refractivity contribution in [3.05, 3.63) is 83.2 Å². The number of carbonyl (C=O) groups is 2. The molecule has 0 spiro atoms. The van der Waals surface area contributed by atoms with E-state index in [1.165, 1.54) is 16.9 Å². The molecule has 0 saturated carbocycles. The highest BCUT2D eigenvalue weighted by atomic mass is 19.4. The lowest BCUT2D eigenvalue weighted by Crippen LogP contribution is -2.24. The van der Waals surface area contributed by atoms with Crippen LogP contribution in [0.3, 0.4) is 0 Å². The number of hydrogen-bond acceptors (Lipinski definition) is 3. The summed E-state index contributed by atoms with van der Waals surface area (Å²) in [4.78, 5) is 24.3. The van der Waals surface area contributed by atoms with Crippen molar-refractivity contribution in [3.63, 3.8) is 0 Å². The van der Waals surface area contributed by atoms with Crippen molar-refractivity contribution < 1.29 is 35.9 Å². The Morgan fingerprint density at radius 2 is 1.58 bits per heavy atom. The first-order chi connectivity index (χ1) is 15.4. The van der Waals surface area contributed by atoms with E-state index in [0.29, 0.717) is 23.4 Å². The van der Waals surface area contributed by atoms with Gasteiger partial charge in [-0.1, -0.05) is 12.1 Å². The highest BCUT2D eigenvalue weighted by molar-refractivity contribution is 5.94. The van der Waals surface area contributed by atoms with Crippen LogP contribution in [0.25, 0.3) is 0 Å². The summed E-state index contributed by atoms with van der Waals surface area (Å²) in [6.07, 6.45) is -7.00. The largest absolute Gasteiger partial charge is 0.416 e. The zero-order valence-corrected chi connectivity index (χ0v) is 16.7. The molecule has 2 amide bonds. The molecule has 6 nitrogen and oxygen atoms in total. The summed E-state index contributed by atoms with van der Waals surface area (Å²) in [7, 11) is 0. The first kappa shape index (κ1) is 23.8. The van der Waals surface area contributed by atoms with Crippen molar-refractivity contribution in [2.45, 2.75) is 25.4 Å². The molecule has 0 bridgehead atoms. The third-order valence-corrected chi connectivity index (χ3v) is 4.38.